The zero-order valence-electron chi connectivity index (χ0n) is 12.5. The number of nitrogens with one attached hydrogen (secondary N) is 1. The standard InChI is InChI=1S/C15H25FN2O2/c1-11(2)12-13(19)18(10-6-9-16)15(14(20)17-12)7-4-3-5-8-15/h11-12H,3-10H2,1-2H3,(H,17,20). The van der Waals surface area contributed by atoms with Gasteiger partial charge in [0.15, 0.2) is 0 Å². The zero-order chi connectivity index (χ0) is 14.8. The van der Waals surface area contributed by atoms with Crippen molar-refractivity contribution in [1.82, 2.24) is 10.2 Å². The summed E-state index contributed by atoms with van der Waals surface area (Å²) in [6.45, 7) is 3.75. The number of amides is 2. The number of rotatable bonds is 4. The van der Waals surface area contributed by atoms with Crippen LogP contribution in [0.3, 0.4) is 0 Å². The Bertz CT molecular complexity index is 378. The van der Waals surface area contributed by atoms with E-state index in [1.807, 2.05) is 13.8 Å². The fraction of sp³-hybridized carbons (Fsp3) is 0.867. The van der Waals surface area contributed by atoms with E-state index < -0.39 is 18.3 Å². The number of carbonyl (C=O) groups excluding carboxylic acids is 2. The molecule has 1 aliphatic heterocycles. The molecule has 1 aliphatic carbocycles. The molecular formula is C15H25FN2O2. The summed E-state index contributed by atoms with van der Waals surface area (Å²) in [5, 5.41) is 2.91. The predicted molar refractivity (Wildman–Crippen MR) is 74.9 cm³/mol. The second-order valence-electron chi connectivity index (χ2n) is 6.32. The quantitative estimate of drug-likeness (QED) is 0.859. The maximum atomic E-state index is 12.7. The van der Waals surface area contributed by atoms with Crippen LogP contribution in [-0.4, -0.2) is 41.5 Å². The molecule has 0 bridgehead atoms. The number of carbonyl (C=O) groups is 2. The highest BCUT2D eigenvalue weighted by Crippen LogP contribution is 2.37. The van der Waals surface area contributed by atoms with Crippen molar-refractivity contribution in [3.63, 3.8) is 0 Å². The molecule has 20 heavy (non-hydrogen) atoms. The molecule has 0 radical (unpaired) electrons. The van der Waals surface area contributed by atoms with Crippen molar-refractivity contribution in [2.45, 2.75) is 64.0 Å². The minimum Gasteiger partial charge on any atom is -0.342 e. The summed E-state index contributed by atoms with van der Waals surface area (Å²) < 4.78 is 12.5. The second kappa shape index (κ2) is 6.10. The Morgan fingerprint density at radius 2 is 1.95 bits per heavy atom. The molecule has 0 aromatic rings. The van der Waals surface area contributed by atoms with Gasteiger partial charge in [-0.1, -0.05) is 33.1 Å². The minimum absolute atomic E-state index is 0.0325. The average Bonchev–Trinajstić information content (AvgIpc) is 2.44. The molecule has 0 aromatic carbocycles. The molecule has 2 rings (SSSR count). The van der Waals surface area contributed by atoms with Crippen LogP contribution in [0.2, 0.25) is 0 Å². The lowest BCUT2D eigenvalue weighted by molar-refractivity contribution is -0.161. The largest absolute Gasteiger partial charge is 0.342 e. The van der Waals surface area contributed by atoms with Crippen molar-refractivity contribution in [3.05, 3.63) is 0 Å². The van der Waals surface area contributed by atoms with E-state index in [0.29, 0.717) is 25.8 Å². The molecule has 1 N–H and O–H groups in total. The van der Waals surface area contributed by atoms with E-state index in [0.717, 1.165) is 19.3 Å². The average molecular weight is 284 g/mol. The highest BCUT2D eigenvalue weighted by atomic mass is 19.1. The predicted octanol–water partition coefficient (Wildman–Crippen LogP) is 2.03. The van der Waals surface area contributed by atoms with Gasteiger partial charge in [-0.3, -0.25) is 14.0 Å². The van der Waals surface area contributed by atoms with Gasteiger partial charge in [0, 0.05) is 6.54 Å². The summed E-state index contributed by atoms with van der Waals surface area (Å²) in [7, 11) is 0. The smallest absolute Gasteiger partial charge is 0.246 e. The first-order valence-electron chi connectivity index (χ1n) is 7.71. The Kier molecular flexibility index (Phi) is 4.66. The highest BCUT2D eigenvalue weighted by Gasteiger charge is 2.52. The summed E-state index contributed by atoms with van der Waals surface area (Å²) in [5.74, 6) is -0.00965. The molecule has 1 saturated carbocycles. The molecule has 0 aromatic heterocycles. The summed E-state index contributed by atoms with van der Waals surface area (Å²) in [6, 6.07) is -0.463. The molecule has 1 spiro atoms. The van der Waals surface area contributed by atoms with E-state index in [-0.39, 0.29) is 17.7 Å². The van der Waals surface area contributed by atoms with Crippen LogP contribution in [0.5, 0.6) is 0 Å². The molecule has 1 saturated heterocycles. The van der Waals surface area contributed by atoms with Crippen molar-refractivity contribution >= 4 is 11.8 Å². The minimum atomic E-state index is -0.712. The lowest BCUT2D eigenvalue weighted by Gasteiger charge is -2.50. The Labute approximate surface area is 120 Å². The fourth-order valence-electron chi connectivity index (χ4n) is 3.47. The van der Waals surface area contributed by atoms with Crippen LogP contribution in [-0.2, 0) is 9.59 Å². The van der Waals surface area contributed by atoms with Gasteiger partial charge in [0.05, 0.1) is 6.67 Å². The normalized spacial score (nSPS) is 26.2. The van der Waals surface area contributed by atoms with E-state index in [2.05, 4.69) is 5.32 Å². The van der Waals surface area contributed by atoms with Crippen molar-refractivity contribution in [2.75, 3.05) is 13.2 Å². The number of nitrogens with zero attached hydrogens (tertiary/aromatic N) is 1. The molecule has 5 heteroatoms. The highest BCUT2D eigenvalue weighted by molar-refractivity contribution is 6.00. The SMILES string of the molecule is CC(C)C1NC(=O)C2(CCCCC2)N(CCCF)C1=O. The third-order valence-electron chi connectivity index (χ3n) is 4.62. The van der Waals surface area contributed by atoms with Crippen molar-refractivity contribution in [2.24, 2.45) is 5.92 Å². The molecule has 114 valence electrons. The summed E-state index contributed by atoms with van der Waals surface area (Å²) in [5.41, 5.74) is -0.712. The van der Waals surface area contributed by atoms with Crippen LogP contribution in [0.4, 0.5) is 4.39 Å². The van der Waals surface area contributed by atoms with Gasteiger partial charge in [-0.25, -0.2) is 0 Å². The van der Waals surface area contributed by atoms with Crippen molar-refractivity contribution in [1.29, 1.82) is 0 Å². The number of piperazine rings is 1. The summed E-state index contributed by atoms with van der Waals surface area (Å²) in [6.07, 6.45) is 4.75. The molecule has 2 fully saturated rings. The van der Waals surface area contributed by atoms with E-state index in [4.69, 9.17) is 0 Å². The van der Waals surface area contributed by atoms with Gasteiger partial charge < -0.3 is 10.2 Å². The van der Waals surface area contributed by atoms with Gasteiger partial charge in [0.25, 0.3) is 0 Å². The molecule has 1 atom stereocenters. The lowest BCUT2D eigenvalue weighted by atomic mass is 9.76. The molecular weight excluding hydrogens is 259 g/mol. The van der Waals surface area contributed by atoms with E-state index >= 15 is 0 Å². The summed E-state index contributed by atoms with van der Waals surface area (Å²) >= 11 is 0. The third kappa shape index (κ3) is 2.54. The maximum absolute atomic E-state index is 12.7. The Morgan fingerprint density at radius 1 is 1.30 bits per heavy atom. The van der Waals surface area contributed by atoms with Crippen LogP contribution in [0, 0.1) is 5.92 Å². The van der Waals surface area contributed by atoms with Crippen molar-refractivity contribution in [3.8, 4) is 0 Å². The van der Waals surface area contributed by atoms with Crippen LogP contribution in [0.1, 0.15) is 52.4 Å². The molecule has 1 heterocycles. The summed E-state index contributed by atoms with van der Waals surface area (Å²) in [4.78, 5) is 27.0. The second-order valence-corrected chi connectivity index (χ2v) is 6.32. The molecule has 2 aliphatic rings. The van der Waals surface area contributed by atoms with Crippen LogP contribution >= 0.6 is 0 Å². The fourth-order valence-corrected chi connectivity index (χ4v) is 3.47. The van der Waals surface area contributed by atoms with Crippen molar-refractivity contribution < 1.29 is 14.0 Å². The number of halogens is 1. The third-order valence-corrected chi connectivity index (χ3v) is 4.62. The topological polar surface area (TPSA) is 49.4 Å². The Morgan fingerprint density at radius 3 is 2.50 bits per heavy atom. The number of hydrogen-bond donors (Lipinski definition) is 1. The Hall–Kier alpha value is -1.13. The van der Waals surface area contributed by atoms with E-state index in [1.165, 1.54) is 0 Å². The molecule has 2 amide bonds. The molecule has 4 nitrogen and oxygen atoms in total. The van der Waals surface area contributed by atoms with Gasteiger partial charge in [-0.05, 0) is 25.2 Å². The maximum Gasteiger partial charge on any atom is 0.246 e. The van der Waals surface area contributed by atoms with E-state index in [1.54, 1.807) is 4.90 Å². The first-order valence-corrected chi connectivity index (χ1v) is 7.71. The van der Waals surface area contributed by atoms with Crippen LogP contribution in [0.15, 0.2) is 0 Å². The molecule has 1 unspecified atom stereocenters. The van der Waals surface area contributed by atoms with Gasteiger partial charge in [-0.15, -0.1) is 0 Å². The van der Waals surface area contributed by atoms with Gasteiger partial charge in [-0.2, -0.15) is 0 Å². The van der Waals surface area contributed by atoms with Crippen LogP contribution in [0.25, 0.3) is 0 Å². The zero-order valence-corrected chi connectivity index (χ0v) is 12.5. The first-order chi connectivity index (χ1) is 9.53. The number of alkyl halides is 1. The lowest BCUT2D eigenvalue weighted by Crippen LogP contribution is -2.72. The first kappa shape index (κ1) is 15.3. The Balaban J connectivity index is 2.28. The van der Waals surface area contributed by atoms with Crippen LogP contribution < -0.4 is 5.32 Å². The van der Waals surface area contributed by atoms with Gasteiger partial charge in [0.2, 0.25) is 11.8 Å². The van der Waals surface area contributed by atoms with Gasteiger partial charge in [0.1, 0.15) is 11.6 Å². The van der Waals surface area contributed by atoms with Gasteiger partial charge >= 0.3 is 0 Å². The van der Waals surface area contributed by atoms with E-state index in [9.17, 15) is 14.0 Å². The number of hydrogen-bond acceptors (Lipinski definition) is 2. The monoisotopic (exact) mass is 284 g/mol.